The number of carbonyl (C=O) groups excluding carboxylic acids is 2. The Morgan fingerprint density at radius 3 is 2.36 bits per heavy atom. The van der Waals surface area contributed by atoms with Gasteiger partial charge in [0.25, 0.3) is 0 Å². The van der Waals surface area contributed by atoms with Crippen LogP contribution in [0.25, 0.3) is 0 Å². The van der Waals surface area contributed by atoms with Gasteiger partial charge in [-0.05, 0) is 50.8 Å². The predicted octanol–water partition coefficient (Wildman–Crippen LogP) is 2.09. The molecule has 0 unspecified atom stereocenters. The summed E-state index contributed by atoms with van der Waals surface area (Å²) in [6, 6.07) is 10.4. The van der Waals surface area contributed by atoms with Gasteiger partial charge in [0.1, 0.15) is 0 Å². The number of hydrogen-bond acceptors (Lipinski definition) is 3. The average Bonchev–Trinajstić information content (AvgIpc) is 2.83. The van der Waals surface area contributed by atoms with Crippen LogP contribution in [0.1, 0.15) is 31.7 Å². The highest BCUT2D eigenvalue weighted by Crippen LogP contribution is 2.26. The standard InChI is InChI=1S/C18H24N2O2/c1-2-20-17(21)13-16(18(20)22)19-10-8-15(9-11-19)12-14-6-4-3-5-7-14/h3-7,15-16H,2,8-13H2,1H3/t16-/m0/s1. The van der Waals surface area contributed by atoms with Crippen LogP contribution in [0.3, 0.4) is 0 Å². The summed E-state index contributed by atoms with van der Waals surface area (Å²) in [4.78, 5) is 27.8. The number of carbonyl (C=O) groups is 2. The van der Waals surface area contributed by atoms with E-state index < -0.39 is 0 Å². The summed E-state index contributed by atoms with van der Waals surface area (Å²) in [5.41, 5.74) is 1.39. The quantitative estimate of drug-likeness (QED) is 0.800. The molecule has 2 saturated heterocycles. The van der Waals surface area contributed by atoms with E-state index in [0.29, 0.717) is 18.9 Å². The zero-order valence-electron chi connectivity index (χ0n) is 13.2. The summed E-state index contributed by atoms with van der Waals surface area (Å²) >= 11 is 0. The van der Waals surface area contributed by atoms with Gasteiger partial charge in [0.15, 0.2) is 0 Å². The minimum absolute atomic E-state index is 0.00834. The molecular weight excluding hydrogens is 276 g/mol. The summed E-state index contributed by atoms with van der Waals surface area (Å²) < 4.78 is 0. The normalized spacial score (nSPS) is 24.2. The molecular formula is C18H24N2O2. The van der Waals surface area contributed by atoms with E-state index in [1.807, 2.05) is 13.0 Å². The van der Waals surface area contributed by atoms with Gasteiger partial charge >= 0.3 is 0 Å². The number of rotatable bonds is 4. The van der Waals surface area contributed by atoms with Gasteiger partial charge in [0.05, 0.1) is 12.5 Å². The molecule has 1 aromatic rings. The number of benzene rings is 1. The molecule has 2 aliphatic rings. The average molecular weight is 300 g/mol. The van der Waals surface area contributed by atoms with Crippen molar-refractivity contribution in [2.24, 2.45) is 5.92 Å². The van der Waals surface area contributed by atoms with Crippen molar-refractivity contribution in [1.82, 2.24) is 9.80 Å². The molecule has 0 radical (unpaired) electrons. The lowest BCUT2D eigenvalue weighted by Crippen LogP contribution is -2.46. The maximum atomic E-state index is 12.3. The molecule has 22 heavy (non-hydrogen) atoms. The summed E-state index contributed by atoms with van der Waals surface area (Å²) in [5, 5.41) is 0. The third kappa shape index (κ3) is 3.07. The van der Waals surface area contributed by atoms with Crippen LogP contribution in [0.4, 0.5) is 0 Å². The van der Waals surface area contributed by atoms with Crippen molar-refractivity contribution >= 4 is 11.8 Å². The maximum absolute atomic E-state index is 12.3. The second kappa shape index (κ2) is 6.61. The van der Waals surface area contributed by atoms with E-state index in [4.69, 9.17) is 0 Å². The van der Waals surface area contributed by atoms with Crippen molar-refractivity contribution < 1.29 is 9.59 Å². The third-order valence-electron chi connectivity index (χ3n) is 4.99. The second-order valence-corrected chi connectivity index (χ2v) is 6.37. The highest BCUT2D eigenvalue weighted by Gasteiger charge is 2.41. The van der Waals surface area contributed by atoms with E-state index in [1.165, 1.54) is 10.5 Å². The molecule has 4 heteroatoms. The first kappa shape index (κ1) is 15.2. The van der Waals surface area contributed by atoms with Crippen LogP contribution in [0.15, 0.2) is 30.3 Å². The Bertz CT molecular complexity index is 535. The number of nitrogens with zero attached hydrogens (tertiary/aromatic N) is 2. The molecule has 0 aromatic heterocycles. The molecule has 4 nitrogen and oxygen atoms in total. The molecule has 0 bridgehead atoms. The van der Waals surface area contributed by atoms with Crippen molar-refractivity contribution in [3.8, 4) is 0 Å². The number of imide groups is 1. The first-order chi connectivity index (χ1) is 10.7. The zero-order valence-corrected chi connectivity index (χ0v) is 13.2. The van der Waals surface area contributed by atoms with Gasteiger partial charge in [-0.25, -0.2) is 0 Å². The fraction of sp³-hybridized carbons (Fsp3) is 0.556. The van der Waals surface area contributed by atoms with Crippen LogP contribution >= 0.6 is 0 Å². The van der Waals surface area contributed by atoms with Gasteiger partial charge in [-0.3, -0.25) is 19.4 Å². The van der Waals surface area contributed by atoms with Crippen molar-refractivity contribution in [2.75, 3.05) is 19.6 Å². The molecule has 2 aliphatic heterocycles. The van der Waals surface area contributed by atoms with Crippen molar-refractivity contribution in [3.63, 3.8) is 0 Å². The Balaban J connectivity index is 1.54. The summed E-state index contributed by atoms with van der Waals surface area (Å²) in [7, 11) is 0. The van der Waals surface area contributed by atoms with Gasteiger partial charge in [0.2, 0.25) is 11.8 Å². The highest BCUT2D eigenvalue weighted by atomic mass is 16.2. The zero-order chi connectivity index (χ0) is 15.5. The monoisotopic (exact) mass is 300 g/mol. The van der Waals surface area contributed by atoms with E-state index in [9.17, 15) is 9.59 Å². The number of likely N-dealkylation sites (tertiary alicyclic amines) is 2. The van der Waals surface area contributed by atoms with Crippen LogP contribution < -0.4 is 0 Å². The molecule has 2 heterocycles. The van der Waals surface area contributed by atoms with E-state index in [0.717, 1.165) is 32.4 Å². The lowest BCUT2D eigenvalue weighted by atomic mass is 9.89. The number of hydrogen-bond donors (Lipinski definition) is 0. The SMILES string of the molecule is CCN1C(=O)C[C@H](N2CCC(Cc3ccccc3)CC2)C1=O. The van der Waals surface area contributed by atoms with Gasteiger partial charge < -0.3 is 0 Å². The highest BCUT2D eigenvalue weighted by molar-refractivity contribution is 6.05. The van der Waals surface area contributed by atoms with Crippen LogP contribution in [-0.4, -0.2) is 47.3 Å². The molecule has 0 N–H and O–H groups in total. The fourth-order valence-electron chi connectivity index (χ4n) is 3.70. The summed E-state index contributed by atoms with van der Waals surface area (Å²) in [6.07, 6.45) is 3.71. The summed E-state index contributed by atoms with van der Waals surface area (Å²) in [6.45, 7) is 4.22. The van der Waals surface area contributed by atoms with Gasteiger partial charge in [-0.15, -0.1) is 0 Å². The molecule has 3 rings (SSSR count). The molecule has 0 spiro atoms. The minimum atomic E-state index is -0.204. The van der Waals surface area contributed by atoms with Crippen LogP contribution in [0.2, 0.25) is 0 Å². The molecule has 1 aromatic carbocycles. The molecule has 2 amide bonds. The van der Waals surface area contributed by atoms with Gasteiger partial charge in [0, 0.05) is 6.54 Å². The fourth-order valence-corrected chi connectivity index (χ4v) is 3.70. The van der Waals surface area contributed by atoms with Gasteiger partial charge in [-0.2, -0.15) is 0 Å². The Morgan fingerprint density at radius 2 is 1.77 bits per heavy atom. The number of piperidine rings is 1. The Kier molecular flexibility index (Phi) is 4.57. The van der Waals surface area contributed by atoms with Crippen molar-refractivity contribution in [3.05, 3.63) is 35.9 Å². The minimum Gasteiger partial charge on any atom is -0.292 e. The Morgan fingerprint density at radius 1 is 1.09 bits per heavy atom. The van der Waals surface area contributed by atoms with Gasteiger partial charge in [-0.1, -0.05) is 30.3 Å². The number of amides is 2. The molecule has 0 saturated carbocycles. The predicted molar refractivity (Wildman–Crippen MR) is 85.2 cm³/mol. The largest absolute Gasteiger partial charge is 0.292 e. The third-order valence-corrected chi connectivity index (χ3v) is 4.99. The molecule has 1 atom stereocenters. The van der Waals surface area contributed by atoms with Crippen molar-refractivity contribution in [2.45, 2.75) is 38.6 Å². The molecule has 118 valence electrons. The Hall–Kier alpha value is -1.68. The summed E-state index contributed by atoms with van der Waals surface area (Å²) in [5.74, 6) is 0.686. The maximum Gasteiger partial charge on any atom is 0.247 e. The molecule has 2 fully saturated rings. The van der Waals surface area contributed by atoms with Crippen LogP contribution in [0, 0.1) is 5.92 Å². The topological polar surface area (TPSA) is 40.6 Å². The van der Waals surface area contributed by atoms with E-state index in [-0.39, 0.29) is 17.9 Å². The van der Waals surface area contributed by atoms with E-state index in [1.54, 1.807) is 0 Å². The lowest BCUT2D eigenvalue weighted by molar-refractivity contribution is -0.139. The Labute approximate surface area is 132 Å². The smallest absolute Gasteiger partial charge is 0.247 e. The van der Waals surface area contributed by atoms with E-state index >= 15 is 0 Å². The molecule has 0 aliphatic carbocycles. The first-order valence-electron chi connectivity index (χ1n) is 8.31. The lowest BCUT2D eigenvalue weighted by Gasteiger charge is -2.34. The number of likely N-dealkylation sites (N-methyl/N-ethyl adjacent to an activating group) is 1. The van der Waals surface area contributed by atoms with Crippen LogP contribution in [-0.2, 0) is 16.0 Å². The van der Waals surface area contributed by atoms with E-state index in [2.05, 4.69) is 29.2 Å². The first-order valence-corrected chi connectivity index (χ1v) is 8.31. The van der Waals surface area contributed by atoms with Crippen molar-refractivity contribution in [1.29, 1.82) is 0 Å². The second-order valence-electron chi connectivity index (χ2n) is 6.37. The van der Waals surface area contributed by atoms with Crippen LogP contribution in [0.5, 0.6) is 0 Å².